The Morgan fingerprint density at radius 1 is 0.750 bits per heavy atom. The van der Waals surface area contributed by atoms with Crippen molar-refractivity contribution in [3.8, 4) is 5.69 Å². The predicted molar refractivity (Wildman–Crippen MR) is 158 cm³/mol. The summed E-state index contributed by atoms with van der Waals surface area (Å²) in [5.74, 6) is -0.770. The van der Waals surface area contributed by atoms with E-state index >= 15 is 0 Å². The van der Waals surface area contributed by atoms with E-state index in [1.54, 1.807) is 12.1 Å². The zero-order valence-electron chi connectivity index (χ0n) is 23.6. The molecule has 4 rings (SSSR count). The lowest BCUT2D eigenvalue weighted by atomic mass is 10.1. The third-order valence-corrected chi connectivity index (χ3v) is 8.89. The molecule has 0 aliphatic carbocycles. The van der Waals surface area contributed by atoms with Crippen molar-refractivity contribution in [2.75, 3.05) is 12.5 Å². The molecule has 14 heteroatoms. The number of alkyl halides is 3. The normalized spacial score (nSPS) is 12.2. The van der Waals surface area contributed by atoms with Crippen LogP contribution in [-0.2, 0) is 45.5 Å². The van der Waals surface area contributed by atoms with Crippen molar-refractivity contribution in [1.82, 2.24) is 15.2 Å². The van der Waals surface area contributed by atoms with Crippen molar-refractivity contribution < 1.29 is 34.8 Å². The summed E-state index contributed by atoms with van der Waals surface area (Å²) in [6, 6.07) is 18.9. The lowest BCUT2D eigenvalue weighted by molar-refractivity contribution is -0.137. The number of aromatic nitrogens is 1. The lowest BCUT2D eigenvalue weighted by Crippen LogP contribution is -2.34. The fourth-order valence-electron chi connectivity index (χ4n) is 4.31. The van der Waals surface area contributed by atoms with E-state index in [1.807, 2.05) is 0 Å². The van der Waals surface area contributed by atoms with E-state index in [0.29, 0.717) is 5.56 Å². The summed E-state index contributed by atoms with van der Waals surface area (Å²) in [4.78, 5) is 26.9. The molecule has 2 N–H and O–H groups in total. The van der Waals surface area contributed by atoms with Gasteiger partial charge in [0.1, 0.15) is 5.56 Å². The molecule has 0 aliphatic heterocycles. The van der Waals surface area contributed by atoms with Crippen LogP contribution in [0.25, 0.3) is 5.69 Å². The average molecular weight is 648 g/mol. The molecule has 0 spiro atoms. The molecule has 3 aromatic carbocycles. The zero-order valence-corrected chi connectivity index (χ0v) is 25.2. The van der Waals surface area contributed by atoms with Gasteiger partial charge in [0.05, 0.1) is 15.4 Å². The smallest absolute Gasteiger partial charge is 0.348 e. The Hall–Kier alpha value is -4.27. The molecule has 232 valence electrons. The highest BCUT2D eigenvalue weighted by atomic mass is 32.2. The monoisotopic (exact) mass is 647 g/mol. The fourth-order valence-corrected chi connectivity index (χ4v) is 5.57. The van der Waals surface area contributed by atoms with Crippen LogP contribution in [0, 0.1) is 0 Å². The van der Waals surface area contributed by atoms with Gasteiger partial charge in [0.15, 0.2) is 19.7 Å². The number of halogens is 3. The molecule has 0 saturated carbocycles. The molecule has 9 nitrogen and oxygen atoms in total. The minimum absolute atomic E-state index is 0.0217. The summed E-state index contributed by atoms with van der Waals surface area (Å²) in [5.41, 5.74) is -0.652. The zero-order chi connectivity index (χ0) is 32.3. The molecule has 0 aliphatic rings. The van der Waals surface area contributed by atoms with Crippen LogP contribution in [-0.4, -0.2) is 39.8 Å². The van der Waals surface area contributed by atoms with Crippen molar-refractivity contribution in [1.29, 1.82) is 0 Å². The number of pyridine rings is 1. The summed E-state index contributed by atoms with van der Waals surface area (Å²) in [6.07, 6.45) is -2.51. The Kier molecular flexibility index (Phi) is 9.47. The summed E-state index contributed by atoms with van der Waals surface area (Å²) < 4.78 is 88.3. The van der Waals surface area contributed by atoms with E-state index in [9.17, 15) is 39.6 Å². The van der Waals surface area contributed by atoms with Crippen LogP contribution in [0.4, 0.5) is 13.2 Å². The Labute approximate surface area is 252 Å². The quantitative estimate of drug-likeness (QED) is 0.267. The maximum atomic E-state index is 13.6. The molecule has 1 amide bonds. The van der Waals surface area contributed by atoms with E-state index in [-0.39, 0.29) is 46.4 Å². The molecule has 1 aromatic heterocycles. The highest BCUT2D eigenvalue weighted by Crippen LogP contribution is 2.30. The Morgan fingerprint density at radius 2 is 1.30 bits per heavy atom. The van der Waals surface area contributed by atoms with E-state index in [2.05, 4.69) is 10.6 Å². The van der Waals surface area contributed by atoms with Gasteiger partial charge in [-0.05, 0) is 65.7 Å². The van der Waals surface area contributed by atoms with Gasteiger partial charge in [-0.25, -0.2) is 16.8 Å². The second kappa shape index (κ2) is 12.8. The standard InChI is InChI=1S/C30H28F3N3O6S2/c1-43(39,40)25-11-6-20(7-12-25)17-34-19-24-10-15-27(28(37)35-18-21-8-13-26(14-9-21)44(2,41)42)29(38)36(24)23-5-3-4-22(16-23)30(31,32)33/h3-16,34H,17-19H2,1-2H3,(H,35,37). The number of benzene rings is 3. The van der Waals surface area contributed by atoms with Gasteiger partial charge >= 0.3 is 6.18 Å². The van der Waals surface area contributed by atoms with Gasteiger partial charge in [-0.1, -0.05) is 30.3 Å². The number of hydrogen-bond acceptors (Lipinski definition) is 7. The van der Waals surface area contributed by atoms with Crippen LogP contribution in [0.15, 0.2) is 99.5 Å². The highest BCUT2D eigenvalue weighted by Gasteiger charge is 2.31. The molecule has 0 radical (unpaired) electrons. The van der Waals surface area contributed by atoms with Gasteiger partial charge in [-0.3, -0.25) is 14.2 Å². The number of nitrogens with one attached hydrogen (secondary N) is 2. The number of carbonyl (C=O) groups excluding carboxylic acids is 1. The number of amides is 1. The molecule has 1 heterocycles. The van der Waals surface area contributed by atoms with Crippen LogP contribution in [0.5, 0.6) is 0 Å². The number of nitrogens with zero attached hydrogens (tertiary/aromatic N) is 1. The average Bonchev–Trinajstić information content (AvgIpc) is 2.95. The van der Waals surface area contributed by atoms with Crippen LogP contribution in [0.1, 0.15) is 32.7 Å². The molecule has 4 aromatic rings. The van der Waals surface area contributed by atoms with Crippen molar-refractivity contribution in [2.24, 2.45) is 0 Å². The first kappa shape index (κ1) is 32.6. The molecule has 44 heavy (non-hydrogen) atoms. The van der Waals surface area contributed by atoms with Gasteiger partial charge in [0.25, 0.3) is 11.5 Å². The third kappa shape index (κ3) is 8.01. The fraction of sp³-hybridized carbons (Fsp3) is 0.200. The summed E-state index contributed by atoms with van der Waals surface area (Å²) in [5, 5.41) is 5.68. The van der Waals surface area contributed by atoms with Gasteiger partial charge in [-0.15, -0.1) is 0 Å². The SMILES string of the molecule is CS(=O)(=O)c1ccc(CNCc2ccc(C(=O)NCc3ccc(S(C)(=O)=O)cc3)c(=O)n2-c2cccc(C(F)(F)F)c2)cc1. The minimum atomic E-state index is -4.67. The van der Waals surface area contributed by atoms with Crippen LogP contribution < -0.4 is 16.2 Å². The molecule has 0 bridgehead atoms. The molecule has 0 unspecified atom stereocenters. The summed E-state index contributed by atoms with van der Waals surface area (Å²) >= 11 is 0. The van der Waals surface area contributed by atoms with Crippen molar-refractivity contribution in [3.63, 3.8) is 0 Å². The molecule has 0 atom stereocenters. The van der Waals surface area contributed by atoms with Crippen LogP contribution in [0.2, 0.25) is 0 Å². The van der Waals surface area contributed by atoms with Crippen LogP contribution in [0.3, 0.4) is 0 Å². The van der Waals surface area contributed by atoms with E-state index < -0.39 is 42.9 Å². The van der Waals surface area contributed by atoms with Gasteiger partial charge in [0, 0.05) is 43.5 Å². The molecule has 0 fully saturated rings. The maximum Gasteiger partial charge on any atom is 0.416 e. The Balaban J connectivity index is 1.61. The first-order valence-corrected chi connectivity index (χ1v) is 16.8. The van der Waals surface area contributed by atoms with Crippen molar-refractivity contribution in [3.05, 3.63) is 123 Å². The second-order valence-electron chi connectivity index (χ2n) is 10.0. The lowest BCUT2D eigenvalue weighted by Gasteiger charge is -2.17. The first-order valence-electron chi connectivity index (χ1n) is 13.0. The molecule has 0 saturated heterocycles. The largest absolute Gasteiger partial charge is 0.416 e. The topological polar surface area (TPSA) is 131 Å². The molecular weight excluding hydrogens is 619 g/mol. The van der Waals surface area contributed by atoms with E-state index in [0.717, 1.165) is 40.8 Å². The van der Waals surface area contributed by atoms with E-state index in [4.69, 9.17) is 0 Å². The van der Waals surface area contributed by atoms with E-state index in [1.165, 1.54) is 54.6 Å². The predicted octanol–water partition coefficient (Wildman–Crippen LogP) is 3.88. The highest BCUT2D eigenvalue weighted by molar-refractivity contribution is 7.91. The van der Waals surface area contributed by atoms with Crippen molar-refractivity contribution >= 4 is 25.6 Å². The van der Waals surface area contributed by atoms with Gasteiger partial charge in [-0.2, -0.15) is 13.2 Å². The van der Waals surface area contributed by atoms with Crippen LogP contribution >= 0.6 is 0 Å². The van der Waals surface area contributed by atoms with Crippen molar-refractivity contribution in [2.45, 2.75) is 35.6 Å². The maximum absolute atomic E-state index is 13.6. The number of hydrogen-bond donors (Lipinski definition) is 2. The summed E-state index contributed by atoms with van der Waals surface area (Å²) in [6.45, 7) is 0.238. The Bertz CT molecular complexity index is 1960. The number of sulfone groups is 2. The second-order valence-corrected chi connectivity index (χ2v) is 14.1. The van der Waals surface area contributed by atoms with Gasteiger partial charge in [0.2, 0.25) is 0 Å². The summed E-state index contributed by atoms with van der Waals surface area (Å²) in [7, 11) is -6.78. The minimum Gasteiger partial charge on any atom is -0.348 e. The Morgan fingerprint density at radius 3 is 1.82 bits per heavy atom. The molecular formula is C30H28F3N3O6S2. The first-order chi connectivity index (χ1) is 20.5. The van der Waals surface area contributed by atoms with Gasteiger partial charge < -0.3 is 10.6 Å². The third-order valence-electron chi connectivity index (χ3n) is 6.63. The number of rotatable bonds is 10. The number of carbonyl (C=O) groups is 1.